The minimum Gasteiger partial charge on any atom is -0.402 e. The van der Waals surface area contributed by atoms with Crippen molar-refractivity contribution >= 4 is 5.90 Å². The molecule has 0 spiro atoms. The fourth-order valence-corrected chi connectivity index (χ4v) is 1.70. The summed E-state index contributed by atoms with van der Waals surface area (Å²) in [5.74, 6) is -11.2. The molecule has 7 heteroatoms. The van der Waals surface area contributed by atoms with Crippen LogP contribution >= 0.6 is 0 Å². The predicted molar refractivity (Wildman–Crippen MR) is 52.2 cm³/mol. The van der Waals surface area contributed by atoms with Crippen molar-refractivity contribution in [3.63, 3.8) is 0 Å². The zero-order valence-electron chi connectivity index (χ0n) is 9.37. The Bertz CT molecular complexity index is 512. The lowest BCUT2D eigenvalue weighted by Gasteiger charge is -2.07. The van der Waals surface area contributed by atoms with E-state index >= 15 is 0 Å². The van der Waals surface area contributed by atoms with Gasteiger partial charge in [0.05, 0.1) is 6.42 Å². The smallest absolute Gasteiger partial charge is 0.341 e. The van der Waals surface area contributed by atoms with Gasteiger partial charge in [-0.2, -0.15) is 8.78 Å². The van der Waals surface area contributed by atoms with Gasteiger partial charge >= 0.3 is 5.90 Å². The molecule has 18 heavy (non-hydrogen) atoms. The monoisotopic (exact) mass is 266 g/mol. The normalized spacial score (nSPS) is 15.4. The molecule has 0 saturated heterocycles. The molecule has 0 fully saturated rings. The first kappa shape index (κ1) is 12.8. The maximum atomic E-state index is 13.3. The zero-order valence-corrected chi connectivity index (χ0v) is 9.37. The van der Waals surface area contributed by atoms with Gasteiger partial charge in [0.2, 0.25) is 34.8 Å². The molecule has 2 nitrogen and oxygen atoms in total. The first-order chi connectivity index (χ1) is 8.43. The number of halogens is 5. The maximum Gasteiger partial charge on any atom is 0.341 e. The summed E-state index contributed by atoms with van der Waals surface area (Å²) in [5, 5.41) is 0. The Hall–Kier alpha value is -1.66. The highest BCUT2D eigenvalue weighted by molar-refractivity contribution is 5.74. The predicted octanol–water partition coefficient (Wildman–Crippen LogP) is 2.60. The maximum absolute atomic E-state index is 13.3. The first-order valence-corrected chi connectivity index (χ1v) is 5.19. The van der Waals surface area contributed by atoms with Crippen LogP contribution in [-0.4, -0.2) is 24.1 Å². The average molecular weight is 266 g/mol. The van der Waals surface area contributed by atoms with Crippen LogP contribution in [0.4, 0.5) is 22.0 Å². The lowest BCUT2D eigenvalue weighted by atomic mass is 10.2. The van der Waals surface area contributed by atoms with Crippen molar-refractivity contribution in [2.75, 3.05) is 13.6 Å². The molecule has 1 aromatic rings. The van der Waals surface area contributed by atoms with Crippen molar-refractivity contribution in [2.24, 2.45) is 0 Å². The van der Waals surface area contributed by atoms with E-state index in [2.05, 4.69) is 0 Å². The first-order valence-electron chi connectivity index (χ1n) is 5.19. The van der Waals surface area contributed by atoms with Crippen LogP contribution in [0.1, 0.15) is 12.8 Å². The Kier molecular flexibility index (Phi) is 3.23. The SMILES string of the molecule is C[N+]1=C(Oc2c(F)c(F)c(F)c(F)c2F)CCC1. The number of hydrogen-bond donors (Lipinski definition) is 0. The second kappa shape index (κ2) is 4.55. The topological polar surface area (TPSA) is 12.2 Å². The zero-order chi connectivity index (χ0) is 13.4. The molecule has 1 aromatic carbocycles. The van der Waals surface area contributed by atoms with Gasteiger partial charge in [-0.25, -0.2) is 17.7 Å². The van der Waals surface area contributed by atoms with E-state index in [0.29, 0.717) is 19.4 Å². The molecule has 0 bridgehead atoms. The van der Waals surface area contributed by atoms with Crippen molar-refractivity contribution in [3.8, 4) is 5.75 Å². The molecule has 0 saturated carbocycles. The minimum atomic E-state index is -2.19. The van der Waals surface area contributed by atoms with Gasteiger partial charge in [-0.05, 0) is 0 Å². The van der Waals surface area contributed by atoms with E-state index in [9.17, 15) is 22.0 Å². The molecule has 0 aromatic heterocycles. The number of hydrogen-bond acceptors (Lipinski definition) is 1. The molecule has 0 atom stereocenters. The molecular formula is C11H9F5NO+. The molecule has 0 unspecified atom stereocenters. The minimum absolute atomic E-state index is 0.179. The summed E-state index contributed by atoms with van der Waals surface area (Å²) in [7, 11) is 1.61. The fraction of sp³-hybridized carbons (Fsp3) is 0.364. The standard InChI is InChI=1S/C11H9F5NO/c1-17-4-2-3-5(17)18-11-9(15)7(13)6(12)8(14)10(11)16/h2-4H2,1H3/q+1. The van der Waals surface area contributed by atoms with E-state index < -0.39 is 34.8 Å². The second-order valence-corrected chi connectivity index (χ2v) is 3.92. The molecular weight excluding hydrogens is 257 g/mol. The summed E-state index contributed by atoms with van der Waals surface area (Å²) < 4.78 is 71.6. The van der Waals surface area contributed by atoms with Gasteiger partial charge < -0.3 is 4.74 Å². The summed E-state index contributed by atoms with van der Waals surface area (Å²) in [6, 6.07) is 0. The Labute approximate surface area is 99.3 Å². The van der Waals surface area contributed by atoms with Crippen LogP contribution in [0, 0.1) is 29.1 Å². The van der Waals surface area contributed by atoms with Crippen molar-refractivity contribution < 1.29 is 31.3 Å². The lowest BCUT2D eigenvalue weighted by Crippen LogP contribution is -2.18. The summed E-state index contributed by atoms with van der Waals surface area (Å²) in [4.78, 5) is 0. The molecule has 0 radical (unpaired) electrons. The number of rotatable bonds is 1. The van der Waals surface area contributed by atoms with Gasteiger partial charge in [-0.15, -0.1) is 0 Å². The van der Waals surface area contributed by atoms with Crippen LogP contribution in [0.5, 0.6) is 5.75 Å². The van der Waals surface area contributed by atoms with Crippen LogP contribution < -0.4 is 4.74 Å². The van der Waals surface area contributed by atoms with Crippen LogP contribution in [0.25, 0.3) is 0 Å². The summed E-state index contributed by atoms with van der Waals surface area (Å²) in [5.41, 5.74) is 0. The van der Waals surface area contributed by atoms with Crippen molar-refractivity contribution in [1.82, 2.24) is 0 Å². The molecule has 2 rings (SSSR count). The Morgan fingerprint density at radius 2 is 1.39 bits per heavy atom. The molecule has 98 valence electrons. The molecule has 0 amide bonds. The largest absolute Gasteiger partial charge is 0.402 e. The molecule has 0 N–H and O–H groups in total. The van der Waals surface area contributed by atoms with Crippen LogP contribution in [0.2, 0.25) is 0 Å². The molecule has 0 aliphatic carbocycles. The quantitative estimate of drug-likeness (QED) is 0.329. The van der Waals surface area contributed by atoms with E-state index in [0.717, 1.165) is 0 Å². The highest BCUT2D eigenvalue weighted by atomic mass is 19.2. The third-order valence-corrected chi connectivity index (χ3v) is 2.70. The summed E-state index contributed by atoms with van der Waals surface area (Å²) in [6.45, 7) is 0.602. The Balaban J connectivity index is 2.48. The van der Waals surface area contributed by atoms with E-state index in [1.165, 1.54) is 0 Å². The number of nitrogens with zero attached hydrogens (tertiary/aromatic N) is 1. The number of ether oxygens (including phenoxy) is 1. The average Bonchev–Trinajstić information content (AvgIpc) is 2.75. The summed E-state index contributed by atoms with van der Waals surface area (Å²) in [6.07, 6.45) is 1.08. The van der Waals surface area contributed by atoms with E-state index in [1.807, 2.05) is 0 Å². The Morgan fingerprint density at radius 3 is 1.83 bits per heavy atom. The van der Waals surface area contributed by atoms with Gasteiger partial charge in [0.15, 0.2) is 0 Å². The number of benzene rings is 1. The van der Waals surface area contributed by atoms with Crippen molar-refractivity contribution in [2.45, 2.75) is 12.8 Å². The van der Waals surface area contributed by atoms with Crippen LogP contribution in [-0.2, 0) is 0 Å². The summed E-state index contributed by atoms with van der Waals surface area (Å²) >= 11 is 0. The Morgan fingerprint density at radius 1 is 0.889 bits per heavy atom. The van der Waals surface area contributed by atoms with E-state index in [1.54, 1.807) is 11.6 Å². The molecule has 1 aliphatic rings. The van der Waals surface area contributed by atoms with Gasteiger partial charge in [-0.3, -0.25) is 0 Å². The highest BCUT2D eigenvalue weighted by Gasteiger charge is 2.31. The second-order valence-electron chi connectivity index (χ2n) is 3.92. The lowest BCUT2D eigenvalue weighted by molar-refractivity contribution is -0.495. The van der Waals surface area contributed by atoms with Gasteiger partial charge in [-0.1, -0.05) is 0 Å². The van der Waals surface area contributed by atoms with Crippen molar-refractivity contribution in [1.29, 1.82) is 0 Å². The fourth-order valence-electron chi connectivity index (χ4n) is 1.70. The van der Waals surface area contributed by atoms with E-state index in [-0.39, 0.29) is 5.90 Å². The molecule has 1 heterocycles. The third kappa shape index (κ3) is 1.93. The van der Waals surface area contributed by atoms with Crippen LogP contribution in [0.3, 0.4) is 0 Å². The van der Waals surface area contributed by atoms with Crippen molar-refractivity contribution in [3.05, 3.63) is 29.1 Å². The van der Waals surface area contributed by atoms with Gasteiger partial charge in [0.1, 0.15) is 13.6 Å². The third-order valence-electron chi connectivity index (χ3n) is 2.70. The van der Waals surface area contributed by atoms with E-state index in [4.69, 9.17) is 4.74 Å². The van der Waals surface area contributed by atoms with Gasteiger partial charge in [0.25, 0.3) is 0 Å². The highest BCUT2D eigenvalue weighted by Crippen LogP contribution is 2.29. The molecule has 1 aliphatic heterocycles. The van der Waals surface area contributed by atoms with Gasteiger partial charge in [0, 0.05) is 6.42 Å². The van der Waals surface area contributed by atoms with Crippen LogP contribution in [0.15, 0.2) is 0 Å².